The van der Waals surface area contributed by atoms with E-state index in [0.29, 0.717) is 39.2 Å². The summed E-state index contributed by atoms with van der Waals surface area (Å²) in [5.41, 5.74) is 4.76. The second-order valence-corrected chi connectivity index (χ2v) is 8.83. The van der Waals surface area contributed by atoms with Gasteiger partial charge in [0.1, 0.15) is 17.0 Å². The third kappa shape index (κ3) is 5.38. The minimum Gasteiger partial charge on any atom is -0.457 e. The lowest BCUT2D eigenvalue weighted by Gasteiger charge is -2.07. The van der Waals surface area contributed by atoms with E-state index in [1.54, 1.807) is 30.3 Å². The Morgan fingerprint density at radius 1 is 0.972 bits per heavy atom. The van der Waals surface area contributed by atoms with Gasteiger partial charge in [0.15, 0.2) is 10.7 Å². The molecular formula is C28H20ClN3O3S. The summed E-state index contributed by atoms with van der Waals surface area (Å²) in [4.78, 5) is 16.9. The van der Waals surface area contributed by atoms with E-state index >= 15 is 0 Å². The Morgan fingerprint density at radius 2 is 1.81 bits per heavy atom. The Morgan fingerprint density at radius 3 is 2.61 bits per heavy atom. The van der Waals surface area contributed by atoms with Crippen LogP contribution < -0.4 is 10.6 Å². The molecule has 2 N–H and O–H groups in total. The van der Waals surface area contributed by atoms with Gasteiger partial charge < -0.3 is 14.2 Å². The summed E-state index contributed by atoms with van der Waals surface area (Å²) in [6.07, 6.45) is 2.93. The highest BCUT2D eigenvalue weighted by atomic mass is 35.5. The average Bonchev–Trinajstić information content (AvgIpc) is 3.52. The molecule has 8 heteroatoms. The van der Waals surface area contributed by atoms with Crippen LogP contribution in [0.5, 0.6) is 0 Å². The molecule has 5 aromatic rings. The van der Waals surface area contributed by atoms with Gasteiger partial charge in [-0.3, -0.25) is 10.1 Å². The number of rotatable bonds is 5. The quantitative estimate of drug-likeness (QED) is 0.190. The highest BCUT2D eigenvalue weighted by molar-refractivity contribution is 7.80. The number of furan rings is 1. The smallest absolute Gasteiger partial charge is 0.250 e. The first-order valence-corrected chi connectivity index (χ1v) is 11.9. The van der Waals surface area contributed by atoms with Crippen molar-refractivity contribution in [2.24, 2.45) is 0 Å². The topological polar surface area (TPSA) is 80.3 Å². The molecule has 0 radical (unpaired) electrons. The van der Waals surface area contributed by atoms with E-state index in [0.717, 1.165) is 16.7 Å². The predicted octanol–water partition coefficient (Wildman–Crippen LogP) is 7.24. The van der Waals surface area contributed by atoms with E-state index in [1.807, 2.05) is 61.5 Å². The number of halogens is 1. The summed E-state index contributed by atoms with van der Waals surface area (Å²) in [7, 11) is 0. The number of aryl methyl sites for hydroxylation is 1. The normalized spacial score (nSPS) is 11.2. The van der Waals surface area contributed by atoms with Gasteiger partial charge in [-0.2, -0.15) is 0 Å². The van der Waals surface area contributed by atoms with Crippen molar-refractivity contribution in [2.45, 2.75) is 6.92 Å². The Labute approximate surface area is 217 Å². The van der Waals surface area contributed by atoms with Crippen LogP contribution in [0.2, 0.25) is 5.02 Å². The molecule has 0 aliphatic carbocycles. The van der Waals surface area contributed by atoms with Crippen LogP contribution in [0.3, 0.4) is 0 Å². The van der Waals surface area contributed by atoms with Gasteiger partial charge in [-0.1, -0.05) is 41.9 Å². The molecule has 6 nitrogen and oxygen atoms in total. The number of nitrogens with one attached hydrogen (secondary N) is 2. The number of hydrogen-bond donors (Lipinski definition) is 2. The average molecular weight is 514 g/mol. The Kier molecular flexibility index (Phi) is 6.66. The number of carbonyl (C=O) groups excluding carboxylic acids is 1. The largest absolute Gasteiger partial charge is 0.457 e. The number of fused-ring (bicyclic) bond motifs is 1. The summed E-state index contributed by atoms with van der Waals surface area (Å²) in [5, 5.41) is 6.44. The maximum Gasteiger partial charge on any atom is 0.250 e. The zero-order chi connectivity index (χ0) is 25.1. The first kappa shape index (κ1) is 23.5. The molecule has 0 aliphatic rings. The molecule has 0 unspecified atom stereocenters. The van der Waals surface area contributed by atoms with Gasteiger partial charge in [-0.15, -0.1) is 0 Å². The van der Waals surface area contributed by atoms with Crippen molar-refractivity contribution in [3.8, 4) is 22.8 Å². The molecule has 0 bridgehead atoms. The summed E-state index contributed by atoms with van der Waals surface area (Å²) in [5.74, 6) is 1.34. The fourth-order valence-corrected chi connectivity index (χ4v) is 3.93. The molecule has 1 amide bonds. The third-order valence-corrected chi connectivity index (χ3v) is 6.00. The van der Waals surface area contributed by atoms with Gasteiger partial charge in [0, 0.05) is 27.9 Å². The zero-order valence-corrected chi connectivity index (χ0v) is 20.7. The Bertz CT molecular complexity index is 1610. The summed E-state index contributed by atoms with van der Waals surface area (Å²) in [6, 6.07) is 24.4. The standard InChI is InChI=1S/C28H20ClN3O3S/c1-17-7-8-19(15-22(17)29)24-13-10-21(34-24)11-14-26(33)32-28(36)30-20-9-12-25-23(16-20)31-27(35-25)18-5-3-2-4-6-18/h2-16H,1H3,(H2,30,32,33,36)/b14-11+. The van der Waals surface area contributed by atoms with Crippen molar-refractivity contribution in [1.82, 2.24) is 10.3 Å². The number of amides is 1. The van der Waals surface area contributed by atoms with Gasteiger partial charge in [0.05, 0.1) is 0 Å². The number of nitrogens with zero attached hydrogens (tertiary/aromatic N) is 1. The second-order valence-electron chi connectivity index (χ2n) is 8.01. The third-order valence-electron chi connectivity index (χ3n) is 5.39. The maximum atomic E-state index is 12.3. The molecule has 3 aromatic carbocycles. The van der Waals surface area contributed by atoms with Gasteiger partial charge >= 0.3 is 0 Å². The molecule has 0 saturated heterocycles. The first-order valence-electron chi connectivity index (χ1n) is 11.1. The number of hydrogen-bond acceptors (Lipinski definition) is 5. The monoisotopic (exact) mass is 513 g/mol. The fourth-order valence-electron chi connectivity index (χ4n) is 3.53. The lowest BCUT2D eigenvalue weighted by molar-refractivity contribution is -0.115. The molecule has 0 spiro atoms. The van der Waals surface area contributed by atoms with Crippen molar-refractivity contribution in [1.29, 1.82) is 0 Å². The highest BCUT2D eigenvalue weighted by Gasteiger charge is 2.10. The molecule has 2 aromatic heterocycles. The van der Waals surface area contributed by atoms with Crippen LogP contribution in [0.1, 0.15) is 11.3 Å². The molecule has 0 saturated carbocycles. The summed E-state index contributed by atoms with van der Waals surface area (Å²) >= 11 is 11.5. The SMILES string of the molecule is Cc1ccc(-c2ccc(/C=C/C(=O)NC(=S)Nc3ccc4oc(-c5ccccc5)nc4c3)o2)cc1Cl. The maximum absolute atomic E-state index is 12.3. The minimum absolute atomic E-state index is 0.158. The molecule has 0 atom stereocenters. The Balaban J connectivity index is 1.20. The first-order chi connectivity index (χ1) is 17.4. The van der Waals surface area contributed by atoms with Crippen molar-refractivity contribution in [3.05, 3.63) is 101 Å². The van der Waals surface area contributed by atoms with E-state index in [1.165, 1.54) is 6.08 Å². The van der Waals surface area contributed by atoms with Crippen LogP contribution in [0.4, 0.5) is 5.69 Å². The summed E-state index contributed by atoms with van der Waals surface area (Å²) in [6.45, 7) is 1.94. The van der Waals surface area contributed by atoms with Gasteiger partial charge in [-0.05, 0) is 79.3 Å². The number of oxazole rings is 1. The number of benzene rings is 3. The molecule has 178 valence electrons. The van der Waals surface area contributed by atoms with Crippen molar-refractivity contribution >= 4 is 57.7 Å². The van der Waals surface area contributed by atoms with E-state index < -0.39 is 5.91 Å². The number of aromatic nitrogens is 1. The van der Waals surface area contributed by atoms with E-state index in [4.69, 9.17) is 32.7 Å². The zero-order valence-electron chi connectivity index (χ0n) is 19.1. The van der Waals surface area contributed by atoms with Crippen molar-refractivity contribution < 1.29 is 13.6 Å². The van der Waals surface area contributed by atoms with Gasteiger partial charge in [0.25, 0.3) is 0 Å². The minimum atomic E-state index is -0.391. The molecule has 2 heterocycles. The van der Waals surface area contributed by atoms with E-state index in [9.17, 15) is 4.79 Å². The van der Waals surface area contributed by atoms with Crippen LogP contribution in [0.25, 0.3) is 40.0 Å². The van der Waals surface area contributed by atoms with Crippen molar-refractivity contribution in [2.75, 3.05) is 5.32 Å². The van der Waals surface area contributed by atoms with Crippen LogP contribution in [0, 0.1) is 6.92 Å². The fraction of sp³-hybridized carbons (Fsp3) is 0.0357. The van der Waals surface area contributed by atoms with Gasteiger partial charge in [0.2, 0.25) is 11.8 Å². The highest BCUT2D eigenvalue weighted by Crippen LogP contribution is 2.28. The number of anilines is 1. The summed E-state index contributed by atoms with van der Waals surface area (Å²) < 4.78 is 11.6. The number of thiocarbonyl (C=S) groups is 1. The van der Waals surface area contributed by atoms with Crippen LogP contribution in [-0.4, -0.2) is 16.0 Å². The van der Waals surface area contributed by atoms with E-state index in [-0.39, 0.29) is 5.11 Å². The van der Waals surface area contributed by atoms with Crippen LogP contribution in [0.15, 0.2) is 93.8 Å². The van der Waals surface area contributed by atoms with Crippen molar-refractivity contribution in [3.63, 3.8) is 0 Å². The molecule has 0 fully saturated rings. The molecule has 5 rings (SSSR count). The lowest BCUT2D eigenvalue weighted by atomic mass is 10.1. The van der Waals surface area contributed by atoms with Crippen LogP contribution >= 0.6 is 23.8 Å². The Hall–Kier alpha value is -4.20. The number of carbonyl (C=O) groups is 1. The second kappa shape index (κ2) is 10.2. The molecule has 0 aliphatic heterocycles. The molecule has 36 heavy (non-hydrogen) atoms. The molecular weight excluding hydrogens is 494 g/mol. The predicted molar refractivity (Wildman–Crippen MR) is 147 cm³/mol. The van der Waals surface area contributed by atoms with Gasteiger partial charge in [-0.25, -0.2) is 4.98 Å². The van der Waals surface area contributed by atoms with E-state index in [2.05, 4.69) is 15.6 Å². The lowest BCUT2D eigenvalue weighted by Crippen LogP contribution is -2.32. The van der Waals surface area contributed by atoms with Crippen LogP contribution in [-0.2, 0) is 4.79 Å².